The van der Waals surface area contributed by atoms with E-state index in [-0.39, 0.29) is 28.9 Å². The Morgan fingerprint density at radius 1 is 1.11 bits per heavy atom. The molecule has 0 aromatic heterocycles. The number of cyclic esters (lactones) is 1. The van der Waals surface area contributed by atoms with Crippen molar-refractivity contribution in [3.63, 3.8) is 0 Å². The number of nitrogens with zero attached hydrogens (tertiary/aromatic N) is 1. The first-order valence-corrected chi connectivity index (χ1v) is 13.2. The maximum atomic E-state index is 13.3. The zero-order valence-corrected chi connectivity index (χ0v) is 21.3. The van der Waals surface area contributed by atoms with Crippen LogP contribution in [0.15, 0.2) is 70.2 Å². The molecule has 186 valence electrons. The first-order valence-electron chi connectivity index (χ1n) is 12.4. The Morgan fingerprint density at radius 2 is 1.80 bits per heavy atom. The molecule has 1 saturated heterocycles. The van der Waals surface area contributed by atoms with Gasteiger partial charge in [0.15, 0.2) is 0 Å². The number of aliphatic hydroxyl groups is 1. The van der Waals surface area contributed by atoms with Crippen LogP contribution in [-0.4, -0.2) is 48.1 Å². The Hall–Kier alpha value is -2.77. The fraction of sp³-hybridized carbons (Fsp3) is 0.429. The molecule has 6 nitrogen and oxygen atoms in total. The number of rotatable bonds is 8. The number of esters is 1. The molecule has 35 heavy (non-hydrogen) atoms. The molecule has 0 aliphatic carbocycles. The molecule has 1 atom stereocenters. The molecule has 2 heterocycles. The molecule has 1 fully saturated rings. The fourth-order valence-corrected chi connectivity index (χ4v) is 5.88. The lowest BCUT2D eigenvalue weighted by Crippen LogP contribution is -2.46. The molecule has 0 spiro atoms. The lowest BCUT2D eigenvalue weighted by molar-refractivity contribution is -0.160. The van der Waals surface area contributed by atoms with Gasteiger partial charge in [0, 0.05) is 37.5 Å². The van der Waals surface area contributed by atoms with Gasteiger partial charge in [-0.15, -0.1) is 0 Å². The van der Waals surface area contributed by atoms with Crippen LogP contribution in [0.4, 0.5) is 0 Å². The van der Waals surface area contributed by atoms with Crippen molar-refractivity contribution >= 4 is 23.6 Å². The highest BCUT2D eigenvalue weighted by Crippen LogP contribution is 2.46. The second-order valence-electron chi connectivity index (χ2n) is 9.48. The van der Waals surface area contributed by atoms with E-state index in [0.29, 0.717) is 19.3 Å². The molecule has 4 rings (SSSR count). The van der Waals surface area contributed by atoms with Crippen molar-refractivity contribution in [3.8, 4) is 0 Å². The SMILES string of the molecule is CC(C)c1ccccc1SC1=C(O)CC(CCCC(=O)N2CCNCC2)(c2ccccc2)OC1=O. The van der Waals surface area contributed by atoms with Crippen LogP contribution in [0, 0.1) is 0 Å². The number of thioether (sulfide) groups is 1. The van der Waals surface area contributed by atoms with Gasteiger partial charge >= 0.3 is 5.97 Å². The third-order valence-electron chi connectivity index (χ3n) is 6.68. The molecule has 2 aliphatic heterocycles. The molecule has 7 heteroatoms. The lowest BCUT2D eigenvalue weighted by atomic mass is 9.83. The van der Waals surface area contributed by atoms with Crippen LogP contribution in [0.3, 0.4) is 0 Å². The van der Waals surface area contributed by atoms with Crippen molar-refractivity contribution in [1.29, 1.82) is 0 Å². The van der Waals surface area contributed by atoms with E-state index < -0.39 is 11.6 Å². The first-order chi connectivity index (χ1) is 16.9. The zero-order valence-electron chi connectivity index (χ0n) is 20.5. The fourth-order valence-electron chi connectivity index (χ4n) is 4.77. The topological polar surface area (TPSA) is 78.9 Å². The molecule has 0 bridgehead atoms. The Bertz CT molecular complexity index is 1080. The third kappa shape index (κ3) is 5.90. The zero-order chi connectivity index (χ0) is 24.8. The Labute approximate surface area is 211 Å². The number of hydrogen-bond acceptors (Lipinski definition) is 6. The van der Waals surface area contributed by atoms with Crippen molar-refractivity contribution in [2.24, 2.45) is 0 Å². The van der Waals surface area contributed by atoms with Gasteiger partial charge in [0.2, 0.25) is 5.91 Å². The van der Waals surface area contributed by atoms with Gasteiger partial charge in [-0.2, -0.15) is 0 Å². The molecule has 2 aromatic carbocycles. The minimum atomic E-state index is -0.992. The average Bonchev–Trinajstić information content (AvgIpc) is 2.87. The van der Waals surface area contributed by atoms with Crippen LogP contribution >= 0.6 is 11.8 Å². The van der Waals surface area contributed by atoms with Crippen molar-refractivity contribution in [1.82, 2.24) is 10.2 Å². The summed E-state index contributed by atoms with van der Waals surface area (Å²) < 4.78 is 6.13. The normalized spacial score (nSPS) is 20.8. The molecule has 0 saturated carbocycles. The quantitative estimate of drug-likeness (QED) is 0.496. The smallest absolute Gasteiger partial charge is 0.349 e. The molecule has 2 aromatic rings. The number of piperazine rings is 1. The lowest BCUT2D eigenvalue weighted by Gasteiger charge is -2.38. The summed E-state index contributed by atoms with van der Waals surface area (Å²) in [5, 5.41) is 14.4. The minimum absolute atomic E-state index is 0.0436. The van der Waals surface area contributed by atoms with E-state index in [1.54, 1.807) is 0 Å². The molecular weight excluding hydrogens is 460 g/mol. The van der Waals surface area contributed by atoms with E-state index in [2.05, 4.69) is 19.2 Å². The second-order valence-corrected chi connectivity index (χ2v) is 10.5. The van der Waals surface area contributed by atoms with Gasteiger partial charge in [-0.1, -0.05) is 74.1 Å². The Kier molecular flexibility index (Phi) is 8.19. The predicted octanol–water partition coefficient (Wildman–Crippen LogP) is 5.12. The van der Waals surface area contributed by atoms with Crippen molar-refractivity contribution in [2.75, 3.05) is 26.2 Å². The molecule has 1 unspecified atom stereocenters. The monoisotopic (exact) mass is 494 g/mol. The van der Waals surface area contributed by atoms with Crippen LogP contribution in [-0.2, 0) is 19.9 Å². The van der Waals surface area contributed by atoms with E-state index in [1.807, 2.05) is 59.5 Å². The molecule has 0 radical (unpaired) electrons. The third-order valence-corrected chi connectivity index (χ3v) is 7.88. The summed E-state index contributed by atoms with van der Waals surface area (Å²) in [5.41, 5.74) is 0.964. The highest BCUT2D eigenvalue weighted by atomic mass is 32.2. The average molecular weight is 495 g/mol. The van der Waals surface area contributed by atoms with Gasteiger partial charge in [0.1, 0.15) is 16.3 Å². The van der Waals surface area contributed by atoms with E-state index in [9.17, 15) is 14.7 Å². The second kappa shape index (κ2) is 11.3. The standard InChI is InChI=1S/C28H34N2O4S/c1-20(2)22-11-6-7-12-24(22)35-26-23(31)19-28(34-27(26)33,21-9-4-3-5-10-21)14-8-13-25(32)30-17-15-29-16-18-30/h3-7,9-12,20,29,31H,8,13-19H2,1-2H3. The van der Waals surface area contributed by atoms with Gasteiger partial charge in [0.25, 0.3) is 0 Å². The molecule has 2 aliphatic rings. The van der Waals surface area contributed by atoms with Gasteiger partial charge in [0.05, 0.1) is 6.42 Å². The van der Waals surface area contributed by atoms with E-state index in [1.165, 1.54) is 11.8 Å². The van der Waals surface area contributed by atoms with Gasteiger partial charge in [-0.25, -0.2) is 4.79 Å². The molecular formula is C28H34N2O4S. The number of hydrogen-bond donors (Lipinski definition) is 2. The molecule has 1 amide bonds. The van der Waals surface area contributed by atoms with E-state index in [4.69, 9.17) is 4.74 Å². The number of carbonyl (C=O) groups excluding carboxylic acids is 2. The predicted molar refractivity (Wildman–Crippen MR) is 138 cm³/mol. The largest absolute Gasteiger partial charge is 0.511 e. The summed E-state index contributed by atoms with van der Waals surface area (Å²) >= 11 is 1.27. The van der Waals surface area contributed by atoms with Crippen LogP contribution in [0.25, 0.3) is 0 Å². The Morgan fingerprint density at radius 3 is 2.49 bits per heavy atom. The highest BCUT2D eigenvalue weighted by molar-refractivity contribution is 8.04. The number of amides is 1. The van der Waals surface area contributed by atoms with Crippen molar-refractivity contribution in [2.45, 2.75) is 55.9 Å². The summed E-state index contributed by atoms with van der Waals surface area (Å²) in [4.78, 5) is 29.0. The molecule has 2 N–H and O–H groups in total. The highest BCUT2D eigenvalue weighted by Gasteiger charge is 2.43. The summed E-state index contributed by atoms with van der Waals surface area (Å²) in [6, 6.07) is 17.5. The Balaban J connectivity index is 1.54. The number of nitrogens with one attached hydrogen (secondary N) is 1. The van der Waals surface area contributed by atoms with Crippen LogP contribution in [0.1, 0.15) is 56.6 Å². The van der Waals surface area contributed by atoms with Crippen molar-refractivity contribution in [3.05, 3.63) is 76.4 Å². The van der Waals surface area contributed by atoms with Crippen LogP contribution in [0.5, 0.6) is 0 Å². The maximum Gasteiger partial charge on any atom is 0.349 e. The van der Waals surface area contributed by atoms with Gasteiger partial charge < -0.3 is 20.1 Å². The number of benzene rings is 2. The van der Waals surface area contributed by atoms with E-state index in [0.717, 1.165) is 42.2 Å². The van der Waals surface area contributed by atoms with Gasteiger partial charge in [-0.3, -0.25) is 4.79 Å². The number of ether oxygens (including phenoxy) is 1. The first kappa shape index (κ1) is 25.3. The number of aliphatic hydroxyl groups excluding tert-OH is 1. The summed E-state index contributed by atoms with van der Waals surface area (Å²) in [6.45, 7) is 7.29. The number of carbonyl (C=O) groups is 2. The summed E-state index contributed by atoms with van der Waals surface area (Å²) in [7, 11) is 0. The summed E-state index contributed by atoms with van der Waals surface area (Å²) in [5.74, 6) is -0.0625. The van der Waals surface area contributed by atoms with Crippen LogP contribution in [0.2, 0.25) is 0 Å². The van der Waals surface area contributed by atoms with Crippen LogP contribution < -0.4 is 5.32 Å². The van der Waals surface area contributed by atoms with Gasteiger partial charge in [-0.05, 0) is 36.0 Å². The minimum Gasteiger partial charge on any atom is -0.511 e. The maximum absolute atomic E-state index is 13.3. The van der Waals surface area contributed by atoms with E-state index >= 15 is 0 Å². The summed E-state index contributed by atoms with van der Waals surface area (Å²) in [6.07, 6.45) is 1.61. The van der Waals surface area contributed by atoms with Crippen molar-refractivity contribution < 1.29 is 19.4 Å².